The van der Waals surface area contributed by atoms with Crippen molar-refractivity contribution in [3.8, 4) is 11.4 Å². The van der Waals surface area contributed by atoms with E-state index >= 15 is 0 Å². The van der Waals surface area contributed by atoms with E-state index in [9.17, 15) is 9.18 Å². The van der Waals surface area contributed by atoms with Crippen LogP contribution in [0.4, 0.5) is 10.1 Å². The number of anilines is 1. The molecule has 3 rings (SSSR count). The number of amides is 1. The maximum atomic E-state index is 13.7. The number of rotatable bonds is 7. The lowest BCUT2D eigenvalue weighted by Crippen LogP contribution is -2.15. The Bertz CT molecular complexity index is 1020. The van der Waals surface area contributed by atoms with Gasteiger partial charge in [-0.15, -0.1) is 16.8 Å². The molecule has 0 aliphatic rings. The lowest BCUT2D eigenvalue weighted by Gasteiger charge is -2.09. The van der Waals surface area contributed by atoms with Gasteiger partial charge in [0.25, 0.3) is 0 Å². The molecule has 0 spiro atoms. The molecule has 0 aliphatic carbocycles. The van der Waals surface area contributed by atoms with Gasteiger partial charge in [0.05, 0.1) is 16.5 Å². The molecule has 1 N–H and O–H groups in total. The summed E-state index contributed by atoms with van der Waals surface area (Å²) < 4.78 is 15.4. The first-order valence-electron chi connectivity index (χ1n) is 8.16. The van der Waals surface area contributed by atoms with Gasteiger partial charge in [-0.2, -0.15) is 0 Å². The molecule has 0 bridgehead atoms. The van der Waals surface area contributed by atoms with Crippen LogP contribution >= 0.6 is 35.0 Å². The van der Waals surface area contributed by atoms with E-state index < -0.39 is 5.82 Å². The summed E-state index contributed by atoms with van der Waals surface area (Å²) in [6.45, 7) is 4.18. The monoisotopic (exact) mass is 436 g/mol. The summed E-state index contributed by atoms with van der Waals surface area (Å²) in [5, 5.41) is 12.4. The predicted octanol–water partition coefficient (Wildman–Crippen LogP) is 5.31. The molecular weight excluding hydrogens is 422 g/mol. The first-order chi connectivity index (χ1) is 13.5. The van der Waals surface area contributed by atoms with Gasteiger partial charge in [0.15, 0.2) is 11.0 Å². The minimum absolute atomic E-state index is 0.0396. The molecule has 1 aromatic heterocycles. The number of nitrogens with one attached hydrogen (secondary N) is 1. The molecular formula is C19H15Cl2FN4OS. The average molecular weight is 437 g/mol. The summed E-state index contributed by atoms with van der Waals surface area (Å²) in [5.41, 5.74) is 0.803. The van der Waals surface area contributed by atoms with Crippen molar-refractivity contribution >= 4 is 46.6 Å². The van der Waals surface area contributed by atoms with Crippen LogP contribution in [0.2, 0.25) is 10.0 Å². The van der Waals surface area contributed by atoms with Crippen molar-refractivity contribution in [3.63, 3.8) is 0 Å². The zero-order valence-corrected chi connectivity index (χ0v) is 16.9. The van der Waals surface area contributed by atoms with Crippen molar-refractivity contribution in [1.82, 2.24) is 14.8 Å². The number of aromatic nitrogens is 3. The molecule has 0 saturated heterocycles. The Labute approximate surface area is 175 Å². The lowest BCUT2D eigenvalue weighted by atomic mass is 10.2. The highest BCUT2D eigenvalue weighted by Crippen LogP contribution is 2.31. The molecule has 28 heavy (non-hydrogen) atoms. The van der Waals surface area contributed by atoms with E-state index in [4.69, 9.17) is 23.2 Å². The Kier molecular flexibility index (Phi) is 6.72. The Morgan fingerprint density at radius 2 is 2.04 bits per heavy atom. The zero-order valence-electron chi connectivity index (χ0n) is 14.5. The third-order valence-corrected chi connectivity index (χ3v) is 5.20. The van der Waals surface area contributed by atoms with Gasteiger partial charge in [0.2, 0.25) is 5.91 Å². The predicted molar refractivity (Wildman–Crippen MR) is 111 cm³/mol. The number of para-hydroxylation sites is 1. The third kappa shape index (κ3) is 4.73. The van der Waals surface area contributed by atoms with Crippen LogP contribution in [0.3, 0.4) is 0 Å². The normalized spacial score (nSPS) is 10.7. The third-order valence-electron chi connectivity index (χ3n) is 3.68. The second-order valence-electron chi connectivity index (χ2n) is 5.65. The Hall–Kier alpha value is -2.35. The van der Waals surface area contributed by atoms with Crippen LogP contribution < -0.4 is 5.32 Å². The summed E-state index contributed by atoms with van der Waals surface area (Å²) in [7, 11) is 0. The van der Waals surface area contributed by atoms with Crippen LogP contribution in [0.25, 0.3) is 11.4 Å². The number of hydrogen-bond donors (Lipinski definition) is 1. The molecule has 1 amide bonds. The second kappa shape index (κ2) is 9.23. The first-order valence-corrected chi connectivity index (χ1v) is 9.90. The minimum Gasteiger partial charge on any atom is -0.323 e. The largest absolute Gasteiger partial charge is 0.323 e. The van der Waals surface area contributed by atoms with Crippen molar-refractivity contribution in [2.45, 2.75) is 11.7 Å². The fraction of sp³-hybridized carbons (Fsp3) is 0.105. The number of halogens is 3. The topological polar surface area (TPSA) is 59.8 Å². The summed E-state index contributed by atoms with van der Waals surface area (Å²) in [6, 6.07) is 11.1. The van der Waals surface area contributed by atoms with E-state index in [1.807, 2.05) is 0 Å². The van der Waals surface area contributed by atoms with Crippen molar-refractivity contribution < 1.29 is 9.18 Å². The van der Waals surface area contributed by atoms with Crippen LogP contribution in [0.15, 0.2) is 60.3 Å². The number of hydrogen-bond acceptors (Lipinski definition) is 4. The number of carbonyl (C=O) groups is 1. The van der Waals surface area contributed by atoms with Gasteiger partial charge in [-0.1, -0.05) is 53.2 Å². The van der Waals surface area contributed by atoms with Gasteiger partial charge in [-0.25, -0.2) is 4.39 Å². The smallest absolute Gasteiger partial charge is 0.234 e. The van der Waals surface area contributed by atoms with Gasteiger partial charge < -0.3 is 5.32 Å². The number of carbonyl (C=O) groups excluding carboxylic acids is 1. The Morgan fingerprint density at radius 1 is 1.25 bits per heavy atom. The highest BCUT2D eigenvalue weighted by atomic mass is 35.5. The summed E-state index contributed by atoms with van der Waals surface area (Å²) in [5.74, 6) is -0.263. The molecule has 0 atom stereocenters. The summed E-state index contributed by atoms with van der Waals surface area (Å²) in [4.78, 5) is 12.2. The minimum atomic E-state index is -0.490. The molecule has 0 aliphatic heterocycles. The fourth-order valence-electron chi connectivity index (χ4n) is 2.44. The van der Waals surface area contributed by atoms with Crippen molar-refractivity contribution in [3.05, 3.63) is 71.0 Å². The molecule has 9 heteroatoms. The number of allylic oxidation sites excluding steroid dienone is 1. The van der Waals surface area contributed by atoms with Crippen molar-refractivity contribution in [1.29, 1.82) is 0 Å². The first kappa shape index (κ1) is 20.4. The summed E-state index contributed by atoms with van der Waals surface area (Å²) >= 11 is 13.4. The van der Waals surface area contributed by atoms with E-state index in [0.29, 0.717) is 33.1 Å². The Morgan fingerprint density at radius 3 is 2.75 bits per heavy atom. The molecule has 1 heterocycles. The van der Waals surface area contributed by atoms with Gasteiger partial charge in [0, 0.05) is 17.1 Å². The number of thioether (sulfide) groups is 1. The van der Waals surface area contributed by atoms with E-state index in [2.05, 4.69) is 22.1 Å². The van der Waals surface area contributed by atoms with E-state index in [1.165, 1.54) is 23.9 Å². The molecule has 0 unspecified atom stereocenters. The molecule has 3 aromatic rings. The lowest BCUT2D eigenvalue weighted by molar-refractivity contribution is -0.113. The van der Waals surface area contributed by atoms with E-state index in [0.717, 1.165) is 0 Å². The highest BCUT2D eigenvalue weighted by Gasteiger charge is 2.17. The molecule has 2 aromatic carbocycles. The van der Waals surface area contributed by atoms with Crippen LogP contribution in [0.5, 0.6) is 0 Å². The quantitative estimate of drug-likeness (QED) is 0.402. The molecule has 5 nitrogen and oxygen atoms in total. The summed E-state index contributed by atoms with van der Waals surface area (Å²) in [6.07, 6.45) is 1.69. The SMILES string of the molecule is C=CCn1c(SCC(=O)Nc2ccccc2F)nnc1-c1ccc(Cl)cc1Cl. The standard InChI is InChI=1S/C19H15Cl2FN4OS/c1-2-9-26-18(13-8-7-12(20)10-14(13)21)24-25-19(26)28-11-17(27)23-16-6-4-3-5-15(16)22/h2-8,10H,1,9,11H2,(H,23,27). The average Bonchev–Trinajstić information content (AvgIpc) is 3.05. The van der Waals surface area contributed by atoms with Crippen LogP contribution in [-0.4, -0.2) is 26.4 Å². The molecule has 0 fully saturated rings. The molecule has 0 saturated carbocycles. The number of nitrogens with zero attached hydrogens (tertiary/aromatic N) is 3. The maximum absolute atomic E-state index is 13.7. The Balaban J connectivity index is 1.77. The van der Waals surface area contributed by atoms with E-state index in [1.54, 1.807) is 41.0 Å². The van der Waals surface area contributed by atoms with Crippen molar-refractivity contribution in [2.24, 2.45) is 0 Å². The van der Waals surface area contributed by atoms with Gasteiger partial charge >= 0.3 is 0 Å². The van der Waals surface area contributed by atoms with Gasteiger partial charge in [-0.3, -0.25) is 9.36 Å². The maximum Gasteiger partial charge on any atom is 0.234 e. The van der Waals surface area contributed by atoms with Gasteiger partial charge in [0.1, 0.15) is 5.82 Å². The fourth-order valence-corrected chi connectivity index (χ4v) is 3.68. The van der Waals surface area contributed by atoms with Gasteiger partial charge in [-0.05, 0) is 30.3 Å². The molecule has 0 radical (unpaired) electrons. The highest BCUT2D eigenvalue weighted by molar-refractivity contribution is 7.99. The van der Waals surface area contributed by atoms with Crippen molar-refractivity contribution in [2.75, 3.05) is 11.1 Å². The van der Waals surface area contributed by atoms with E-state index in [-0.39, 0.29) is 17.3 Å². The number of benzene rings is 2. The second-order valence-corrected chi connectivity index (χ2v) is 7.43. The molecule has 144 valence electrons. The van der Waals surface area contributed by atoms with Crippen LogP contribution in [-0.2, 0) is 11.3 Å². The van der Waals surface area contributed by atoms with Crippen LogP contribution in [0, 0.1) is 5.82 Å². The zero-order chi connectivity index (χ0) is 20.1. The van der Waals surface area contributed by atoms with Crippen LogP contribution in [0.1, 0.15) is 0 Å².